The number of fused-ring (bicyclic) bond motifs is 1. The fourth-order valence-electron chi connectivity index (χ4n) is 4.27. The van der Waals surface area contributed by atoms with E-state index < -0.39 is 0 Å². The smallest absolute Gasteiger partial charge is 0.262 e. The highest BCUT2D eigenvalue weighted by molar-refractivity contribution is 5.87. The highest BCUT2D eigenvalue weighted by Crippen LogP contribution is 2.30. The molecule has 1 saturated heterocycles. The van der Waals surface area contributed by atoms with E-state index in [0.717, 1.165) is 31.1 Å². The van der Waals surface area contributed by atoms with Crippen LogP contribution in [0.25, 0.3) is 22.3 Å². The third kappa shape index (κ3) is 4.10. The van der Waals surface area contributed by atoms with Crippen LogP contribution in [0, 0.1) is 5.92 Å². The number of nitrogens with zero attached hydrogens (tertiary/aromatic N) is 2. The molecule has 1 saturated carbocycles. The quantitative estimate of drug-likeness (QED) is 0.611. The summed E-state index contributed by atoms with van der Waals surface area (Å²) in [5.74, 6) is 2.49. The maximum absolute atomic E-state index is 12.7. The van der Waals surface area contributed by atoms with E-state index in [4.69, 9.17) is 9.47 Å². The van der Waals surface area contributed by atoms with Crippen molar-refractivity contribution < 1.29 is 9.47 Å². The Morgan fingerprint density at radius 3 is 2.65 bits per heavy atom. The predicted molar refractivity (Wildman–Crippen MR) is 122 cm³/mol. The fraction of sp³-hybridized carbons (Fsp3) is 0.417. The number of ether oxygens (including phenoxy) is 2. The van der Waals surface area contributed by atoms with E-state index in [-0.39, 0.29) is 5.56 Å². The molecule has 3 aromatic rings. The third-order valence-corrected chi connectivity index (χ3v) is 6.29. The Kier molecular flexibility index (Phi) is 5.28. The van der Waals surface area contributed by atoms with Gasteiger partial charge in [0.2, 0.25) is 0 Å². The van der Waals surface area contributed by atoms with Crippen molar-refractivity contribution in [1.82, 2.24) is 15.3 Å². The van der Waals surface area contributed by atoms with Crippen molar-refractivity contribution >= 4 is 16.6 Å². The van der Waals surface area contributed by atoms with E-state index in [1.54, 1.807) is 19.2 Å². The fourth-order valence-corrected chi connectivity index (χ4v) is 4.27. The van der Waals surface area contributed by atoms with Gasteiger partial charge in [-0.05, 0) is 56.0 Å². The Labute approximate surface area is 181 Å². The van der Waals surface area contributed by atoms with Gasteiger partial charge in [-0.15, -0.1) is 0 Å². The molecule has 162 valence electrons. The third-order valence-electron chi connectivity index (χ3n) is 6.29. The molecule has 7 heteroatoms. The number of aromatic nitrogens is 2. The van der Waals surface area contributed by atoms with Crippen LogP contribution in [0.2, 0.25) is 0 Å². The number of hydrogen-bond acceptors (Lipinski definition) is 6. The second-order valence-corrected chi connectivity index (χ2v) is 8.47. The van der Waals surface area contributed by atoms with Gasteiger partial charge >= 0.3 is 0 Å². The molecule has 2 heterocycles. The first-order chi connectivity index (χ1) is 15.1. The lowest BCUT2D eigenvalue weighted by Crippen LogP contribution is -2.33. The van der Waals surface area contributed by atoms with Gasteiger partial charge in [0.05, 0.1) is 19.7 Å². The van der Waals surface area contributed by atoms with E-state index >= 15 is 0 Å². The summed E-state index contributed by atoms with van der Waals surface area (Å²) in [6.45, 7) is 3.26. The average molecular weight is 421 g/mol. The minimum Gasteiger partial charge on any atom is -0.497 e. The minimum absolute atomic E-state index is 0.229. The first-order valence-electron chi connectivity index (χ1n) is 10.9. The largest absolute Gasteiger partial charge is 0.497 e. The van der Waals surface area contributed by atoms with Crippen LogP contribution < -0.4 is 25.2 Å². The highest BCUT2D eigenvalue weighted by Gasteiger charge is 2.26. The summed E-state index contributed by atoms with van der Waals surface area (Å²) >= 11 is 0. The van der Waals surface area contributed by atoms with Crippen LogP contribution in [0.5, 0.6) is 11.5 Å². The van der Waals surface area contributed by atoms with Gasteiger partial charge in [0.1, 0.15) is 22.7 Å². The van der Waals surface area contributed by atoms with Crippen molar-refractivity contribution in [1.29, 1.82) is 0 Å². The minimum atomic E-state index is -0.229. The summed E-state index contributed by atoms with van der Waals surface area (Å²) in [7, 11) is 3.11. The standard InChI is InChI=1S/C24H28N4O3/c1-30-19-11-20-22(21(12-19)31-2)24(29)27-23(26-20)16-5-7-18(8-6-16)28-10-9-17(14-28)25-13-15-3-4-15/h5-8,11-12,15,17,25H,3-4,9-10,13-14H2,1-2H3,(H,26,27,29). The van der Waals surface area contributed by atoms with Crippen molar-refractivity contribution in [3.63, 3.8) is 0 Å². The van der Waals surface area contributed by atoms with Gasteiger partial charge in [0.15, 0.2) is 0 Å². The van der Waals surface area contributed by atoms with Crippen molar-refractivity contribution in [2.45, 2.75) is 25.3 Å². The molecule has 0 amide bonds. The second-order valence-electron chi connectivity index (χ2n) is 8.47. The maximum Gasteiger partial charge on any atom is 0.262 e. The zero-order valence-corrected chi connectivity index (χ0v) is 18.0. The lowest BCUT2D eigenvalue weighted by molar-refractivity contribution is 0.397. The van der Waals surface area contributed by atoms with Crippen molar-refractivity contribution in [2.75, 3.05) is 38.8 Å². The molecule has 5 rings (SSSR count). The first kappa shape index (κ1) is 19.9. The van der Waals surface area contributed by atoms with E-state index in [1.807, 2.05) is 12.1 Å². The normalized spacial score (nSPS) is 18.5. The number of methoxy groups -OCH3 is 2. The summed E-state index contributed by atoms with van der Waals surface area (Å²) in [5, 5.41) is 4.13. The number of H-pyrrole nitrogens is 1. The van der Waals surface area contributed by atoms with E-state index in [9.17, 15) is 4.79 Å². The molecule has 2 fully saturated rings. The van der Waals surface area contributed by atoms with Crippen LogP contribution in [-0.2, 0) is 0 Å². The Morgan fingerprint density at radius 2 is 1.94 bits per heavy atom. The molecular formula is C24H28N4O3. The monoisotopic (exact) mass is 420 g/mol. The topological polar surface area (TPSA) is 79.5 Å². The maximum atomic E-state index is 12.7. The molecule has 1 aliphatic carbocycles. The zero-order valence-electron chi connectivity index (χ0n) is 18.0. The van der Waals surface area contributed by atoms with Gasteiger partial charge in [-0.25, -0.2) is 4.98 Å². The molecule has 1 aromatic heterocycles. The first-order valence-corrected chi connectivity index (χ1v) is 10.9. The molecule has 1 atom stereocenters. The summed E-state index contributed by atoms with van der Waals surface area (Å²) in [6, 6.07) is 12.3. The van der Waals surface area contributed by atoms with Crippen LogP contribution in [0.4, 0.5) is 5.69 Å². The lowest BCUT2D eigenvalue weighted by atomic mass is 10.1. The molecule has 31 heavy (non-hydrogen) atoms. The molecular weight excluding hydrogens is 392 g/mol. The Balaban J connectivity index is 1.37. The Morgan fingerprint density at radius 1 is 1.13 bits per heavy atom. The average Bonchev–Trinajstić information content (AvgIpc) is 3.52. The van der Waals surface area contributed by atoms with Crippen LogP contribution in [0.15, 0.2) is 41.2 Å². The molecule has 0 bridgehead atoms. The summed E-state index contributed by atoms with van der Waals surface area (Å²) in [5.41, 5.74) is 2.38. The van der Waals surface area contributed by atoms with E-state index in [1.165, 1.54) is 32.1 Å². The molecule has 1 aliphatic heterocycles. The van der Waals surface area contributed by atoms with Gasteiger partial charge in [0.25, 0.3) is 5.56 Å². The van der Waals surface area contributed by atoms with Crippen LogP contribution in [-0.4, -0.2) is 49.9 Å². The molecule has 1 unspecified atom stereocenters. The summed E-state index contributed by atoms with van der Waals surface area (Å²) < 4.78 is 10.7. The number of benzene rings is 2. The Hall–Kier alpha value is -3.06. The summed E-state index contributed by atoms with van der Waals surface area (Å²) in [6.07, 6.45) is 3.95. The van der Waals surface area contributed by atoms with Crippen molar-refractivity contribution in [2.24, 2.45) is 5.92 Å². The molecule has 2 aromatic carbocycles. The number of nitrogens with one attached hydrogen (secondary N) is 2. The van der Waals surface area contributed by atoms with Gasteiger partial charge < -0.3 is 24.7 Å². The van der Waals surface area contributed by atoms with E-state index in [2.05, 4.69) is 32.3 Å². The molecule has 7 nitrogen and oxygen atoms in total. The van der Waals surface area contributed by atoms with Crippen molar-refractivity contribution in [3.05, 3.63) is 46.8 Å². The van der Waals surface area contributed by atoms with Gasteiger partial charge in [-0.3, -0.25) is 4.79 Å². The van der Waals surface area contributed by atoms with Gasteiger partial charge in [0, 0.05) is 42.5 Å². The number of rotatable bonds is 7. The molecule has 0 radical (unpaired) electrons. The number of aromatic amines is 1. The van der Waals surface area contributed by atoms with Gasteiger partial charge in [-0.1, -0.05) is 0 Å². The van der Waals surface area contributed by atoms with Crippen LogP contribution in [0.1, 0.15) is 19.3 Å². The lowest BCUT2D eigenvalue weighted by Gasteiger charge is -2.19. The second kappa shape index (κ2) is 8.23. The Bertz CT molecular complexity index is 1140. The number of hydrogen-bond donors (Lipinski definition) is 2. The van der Waals surface area contributed by atoms with Crippen LogP contribution >= 0.6 is 0 Å². The molecule has 2 aliphatic rings. The predicted octanol–water partition coefficient (Wildman–Crippen LogP) is 3.19. The zero-order chi connectivity index (χ0) is 21.4. The molecule has 0 spiro atoms. The van der Waals surface area contributed by atoms with Crippen LogP contribution in [0.3, 0.4) is 0 Å². The van der Waals surface area contributed by atoms with E-state index in [0.29, 0.717) is 34.3 Å². The SMILES string of the molecule is COc1cc(OC)c2c(=O)[nH]c(-c3ccc(N4CCC(NCC5CC5)C4)cc3)nc2c1. The number of anilines is 1. The van der Waals surface area contributed by atoms with Gasteiger partial charge in [-0.2, -0.15) is 0 Å². The summed E-state index contributed by atoms with van der Waals surface area (Å²) in [4.78, 5) is 22.7. The molecule has 2 N–H and O–H groups in total. The van der Waals surface area contributed by atoms with Crippen molar-refractivity contribution in [3.8, 4) is 22.9 Å². The highest BCUT2D eigenvalue weighted by atomic mass is 16.5.